The van der Waals surface area contributed by atoms with Gasteiger partial charge in [-0.05, 0) is 24.6 Å². The first kappa shape index (κ1) is 12.9. The maximum atomic E-state index is 10.5. The fourth-order valence-electron chi connectivity index (χ4n) is 2.26. The zero-order valence-corrected chi connectivity index (χ0v) is 11.4. The van der Waals surface area contributed by atoms with Crippen LogP contribution in [0.1, 0.15) is 24.2 Å². The summed E-state index contributed by atoms with van der Waals surface area (Å²) in [6, 6.07) is 8.60. The highest BCUT2D eigenvalue weighted by Gasteiger charge is 2.27. The summed E-state index contributed by atoms with van der Waals surface area (Å²) >= 11 is 1.94. The molecule has 1 heterocycles. The molecule has 1 aliphatic heterocycles. The summed E-state index contributed by atoms with van der Waals surface area (Å²) in [6.07, 6.45) is 0.662. The molecule has 2 rings (SSSR count). The predicted molar refractivity (Wildman–Crippen MR) is 74.5 cm³/mol. The molecule has 0 radical (unpaired) electrons. The van der Waals surface area contributed by atoms with Gasteiger partial charge in [-0.2, -0.15) is 11.8 Å². The zero-order chi connectivity index (χ0) is 12.3. The average Bonchev–Trinajstić information content (AvgIpc) is 2.38. The topological polar surface area (TPSA) is 23.5 Å². The fourth-order valence-corrected chi connectivity index (χ4v) is 3.52. The molecule has 0 amide bonds. The van der Waals surface area contributed by atoms with E-state index in [0.29, 0.717) is 0 Å². The highest BCUT2D eigenvalue weighted by atomic mass is 32.2. The lowest BCUT2D eigenvalue weighted by Gasteiger charge is -2.35. The maximum absolute atomic E-state index is 10.5. The molecule has 1 aromatic rings. The number of aryl methyl sites for hydroxylation is 1. The Morgan fingerprint density at radius 1 is 1.53 bits per heavy atom. The van der Waals surface area contributed by atoms with Crippen LogP contribution in [0.25, 0.3) is 0 Å². The average molecular weight is 251 g/mol. The van der Waals surface area contributed by atoms with Gasteiger partial charge in [0, 0.05) is 24.1 Å². The van der Waals surface area contributed by atoms with Gasteiger partial charge in [-0.3, -0.25) is 4.90 Å². The third kappa shape index (κ3) is 3.03. The second-order valence-electron chi connectivity index (χ2n) is 4.67. The largest absolute Gasteiger partial charge is 0.387 e. The van der Waals surface area contributed by atoms with Gasteiger partial charge in [0.25, 0.3) is 0 Å². The van der Waals surface area contributed by atoms with Crippen molar-refractivity contribution in [2.45, 2.75) is 25.5 Å². The van der Waals surface area contributed by atoms with E-state index in [-0.39, 0.29) is 12.1 Å². The molecule has 0 aliphatic carbocycles. The van der Waals surface area contributed by atoms with Crippen molar-refractivity contribution >= 4 is 11.8 Å². The first-order valence-corrected chi connectivity index (χ1v) is 7.42. The molecule has 1 aromatic carbocycles. The van der Waals surface area contributed by atoms with Gasteiger partial charge in [0.1, 0.15) is 0 Å². The first-order chi connectivity index (χ1) is 8.22. The molecule has 94 valence electrons. The van der Waals surface area contributed by atoms with Crippen molar-refractivity contribution in [2.75, 3.05) is 25.1 Å². The van der Waals surface area contributed by atoms with Gasteiger partial charge in [0.15, 0.2) is 0 Å². The summed E-state index contributed by atoms with van der Waals surface area (Å²) in [6.45, 7) is 3.22. The van der Waals surface area contributed by atoms with E-state index in [9.17, 15) is 5.11 Å². The van der Waals surface area contributed by atoms with Crippen LogP contribution in [0.4, 0.5) is 0 Å². The number of thioether (sulfide) groups is 1. The molecule has 3 heteroatoms. The lowest BCUT2D eigenvalue weighted by molar-refractivity contribution is 0.0758. The van der Waals surface area contributed by atoms with E-state index in [1.165, 1.54) is 11.3 Å². The summed E-state index contributed by atoms with van der Waals surface area (Å²) in [5.41, 5.74) is 2.36. The second-order valence-corrected chi connectivity index (χ2v) is 5.82. The Labute approximate surface area is 108 Å². The van der Waals surface area contributed by atoms with Gasteiger partial charge in [-0.1, -0.05) is 31.2 Å². The monoisotopic (exact) mass is 251 g/mol. The molecule has 0 bridgehead atoms. The zero-order valence-electron chi connectivity index (χ0n) is 10.6. The third-order valence-electron chi connectivity index (χ3n) is 3.51. The molecule has 0 spiro atoms. The van der Waals surface area contributed by atoms with Crippen LogP contribution in [0, 0.1) is 0 Å². The van der Waals surface area contributed by atoms with Crippen LogP contribution in [0.5, 0.6) is 0 Å². The van der Waals surface area contributed by atoms with E-state index < -0.39 is 0 Å². The summed E-state index contributed by atoms with van der Waals surface area (Å²) in [7, 11) is 2.11. The van der Waals surface area contributed by atoms with Gasteiger partial charge in [0.05, 0.1) is 6.10 Å². The van der Waals surface area contributed by atoms with Gasteiger partial charge in [0.2, 0.25) is 0 Å². The van der Waals surface area contributed by atoms with Gasteiger partial charge in [-0.25, -0.2) is 0 Å². The van der Waals surface area contributed by atoms with Crippen molar-refractivity contribution in [1.29, 1.82) is 0 Å². The predicted octanol–water partition coefficient (Wildman–Crippen LogP) is 2.33. The van der Waals surface area contributed by atoms with Crippen molar-refractivity contribution in [3.63, 3.8) is 0 Å². The van der Waals surface area contributed by atoms with E-state index in [0.717, 1.165) is 24.3 Å². The van der Waals surface area contributed by atoms with Crippen molar-refractivity contribution in [3.05, 3.63) is 35.4 Å². The van der Waals surface area contributed by atoms with Gasteiger partial charge >= 0.3 is 0 Å². The molecule has 17 heavy (non-hydrogen) atoms. The SMILES string of the molecule is CCc1cccc(C(O)C2CSCCN2C)c1. The molecule has 2 unspecified atom stereocenters. The number of rotatable bonds is 3. The molecule has 0 saturated carbocycles. The molecule has 1 saturated heterocycles. The van der Waals surface area contributed by atoms with E-state index >= 15 is 0 Å². The summed E-state index contributed by atoms with van der Waals surface area (Å²) < 4.78 is 0. The van der Waals surface area contributed by atoms with Crippen LogP contribution >= 0.6 is 11.8 Å². The summed E-state index contributed by atoms with van der Waals surface area (Å²) in [5, 5.41) is 10.5. The molecular weight excluding hydrogens is 230 g/mol. The minimum Gasteiger partial charge on any atom is -0.387 e. The Bertz CT molecular complexity index is 369. The van der Waals surface area contributed by atoms with Crippen molar-refractivity contribution in [2.24, 2.45) is 0 Å². The summed E-state index contributed by atoms with van der Waals surface area (Å²) in [4.78, 5) is 2.28. The Morgan fingerprint density at radius 2 is 2.35 bits per heavy atom. The van der Waals surface area contributed by atoms with Gasteiger partial charge in [-0.15, -0.1) is 0 Å². The Morgan fingerprint density at radius 3 is 3.06 bits per heavy atom. The first-order valence-electron chi connectivity index (χ1n) is 6.27. The summed E-state index contributed by atoms with van der Waals surface area (Å²) in [5.74, 6) is 2.20. The highest BCUT2D eigenvalue weighted by molar-refractivity contribution is 7.99. The molecule has 1 fully saturated rings. The fraction of sp³-hybridized carbons (Fsp3) is 0.571. The standard InChI is InChI=1S/C14H21NOS/c1-3-11-5-4-6-12(9-11)14(16)13-10-17-8-7-15(13)2/h4-6,9,13-14,16H,3,7-8,10H2,1-2H3. The minimum atomic E-state index is -0.362. The van der Waals surface area contributed by atoms with Crippen molar-refractivity contribution in [1.82, 2.24) is 4.90 Å². The molecule has 0 aromatic heterocycles. The lowest BCUT2D eigenvalue weighted by Crippen LogP contribution is -2.43. The molecule has 2 atom stereocenters. The minimum absolute atomic E-state index is 0.251. The number of hydrogen-bond acceptors (Lipinski definition) is 3. The van der Waals surface area contributed by atoms with Crippen LogP contribution in [-0.2, 0) is 6.42 Å². The number of aliphatic hydroxyl groups excluding tert-OH is 1. The van der Waals surface area contributed by atoms with E-state index in [4.69, 9.17) is 0 Å². The highest BCUT2D eigenvalue weighted by Crippen LogP contribution is 2.27. The quantitative estimate of drug-likeness (QED) is 0.892. The number of benzene rings is 1. The van der Waals surface area contributed by atoms with E-state index in [1.807, 2.05) is 23.9 Å². The third-order valence-corrected chi connectivity index (χ3v) is 4.56. The van der Waals surface area contributed by atoms with E-state index in [2.05, 4.69) is 31.0 Å². The van der Waals surface area contributed by atoms with E-state index in [1.54, 1.807) is 0 Å². The van der Waals surface area contributed by atoms with Crippen molar-refractivity contribution in [3.8, 4) is 0 Å². The molecular formula is C14H21NOS. The van der Waals surface area contributed by atoms with Crippen LogP contribution in [0.2, 0.25) is 0 Å². The number of aliphatic hydroxyl groups is 1. The molecule has 1 N–H and O–H groups in total. The number of hydrogen-bond donors (Lipinski definition) is 1. The lowest BCUT2D eigenvalue weighted by atomic mass is 9.99. The number of likely N-dealkylation sites (N-methyl/N-ethyl adjacent to an activating group) is 1. The second kappa shape index (κ2) is 5.89. The molecule has 2 nitrogen and oxygen atoms in total. The Balaban J connectivity index is 2.14. The normalized spacial score (nSPS) is 23.6. The van der Waals surface area contributed by atoms with Crippen LogP contribution in [0.3, 0.4) is 0 Å². The van der Waals surface area contributed by atoms with Crippen LogP contribution in [-0.4, -0.2) is 41.1 Å². The van der Waals surface area contributed by atoms with Gasteiger partial charge < -0.3 is 5.11 Å². The smallest absolute Gasteiger partial charge is 0.0953 e. The number of nitrogens with zero attached hydrogens (tertiary/aromatic N) is 1. The maximum Gasteiger partial charge on any atom is 0.0953 e. The van der Waals surface area contributed by atoms with Crippen molar-refractivity contribution < 1.29 is 5.11 Å². The molecule has 1 aliphatic rings. The van der Waals surface area contributed by atoms with Crippen LogP contribution < -0.4 is 0 Å². The Hall–Kier alpha value is -0.510. The van der Waals surface area contributed by atoms with Crippen LogP contribution in [0.15, 0.2) is 24.3 Å². The Kier molecular flexibility index (Phi) is 4.48.